The lowest BCUT2D eigenvalue weighted by Gasteiger charge is -2.18. The van der Waals surface area contributed by atoms with E-state index in [9.17, 15) is 14.9 Å². The third-order valence-corrected chi connectivity index (χ3v) is 4.21. The van der Waals surface area contributed by atoms with Crippen LogP contribution in [0, 0.1) is 10.1 Å². The van der Waals surface area contributed by atoms with E-state index in [1.165, 1.54) is 12.4 Å². The van der Waals surface area contributed by atoms with Crippen molar-refractivity contribution in [2.45, 2.75) is 6.54 Å². The highest BCUT2D eigenvalue weighted by Gasteiger charge is 2.21. The van der Waals surface area contributed by atoms with Crippen molar-refractivity contribution in [3.8, 4) is 0 Å². The second-order valence-electron chi connectivity index (χ2n) is 5.95. The van der Waals surface area contributed by atoms with Crippen LogP contribution in [0.15, 0.2) is 58.0 Å². The average molecular weight is 350 g/mol. The Morgan fingerprint density at radius 2 is 2.08 bits per heavy atom. The van der Waals surface area contributed by atoms with E-state index in [1.54, 1.807) is 18.0 Å². The number of H-pyrrole nitrogens is 1. The molecule has 0 aliphatic rings. The van der Waals surface area contributed by atoms with Gasteiger partial charge in [0.25, 0.3) is 11.2 Å². The Morgan fingerprint density at radius 3 is 2.85 bits per heavy atom. The molecule has 2 aromatic heterocycles. The van der Waals surface area contributed by atoms with Crippen LogP contribution in [0.1, 0.15) is 5.76 Å². The highest BCUT2D eigenvalue weighted by Crippen LogP contribution is 2.32. The number of hydrogen-bond donors (Lipinski definition) is 1. The van der Waals surface area contributed by atoms with E-state index >= 15 is 0 Å². The number of fused-ring (bicyclic) bond motifs is 2. The first kappa shape index (κ1) is 15.8. The number of aromatic amines is 1. The molecule has 0 aliphatic carbocycles. The van der Waals surface area contributed by atoms with Gasteiger partial charge in [0.2, 0.25) is 0 Å². The van der Waals surface area contributed by atoms with E-state index in [0.29, 0.717) is 23.5 Å². The third-order valence-electron chi connectivity index (χ3n) is 4.21. The van der Waals surface area contributed by atoms with E-state index in [2.05, 4.69) is 9.97 Å². The number of aromatic nitrogens is 2. The largest absolute Gasteiger partial charge is 0.459 e. The van der Waals surface area contributed by atoms with Crippen molar-refractivity contribution in [1.29, 1.82) is 0 Å². The fourth-order valence-electron chi connectivity index (χ4n) is 2.98. The number of furan rings is 1. The molecule has 0 amide bonds. The first-order chi connectivity index (χ1) is 12.5. The molecule has 4 rings (SSSR count). The SMILES string of the molecule is CN(Cc1cc2ccccc2o1)c1cc2nc[nH]c(=O)c2cc1[N+](=O)[O-]. The lowest BCUT2D eigenvalue weighted by molar-refractivity contribution is -0.384. The summed E-state index contributed by atoms with van der Waals surface area (Å²) in [5, 5.41) is 12.6. The summed E-state index contributed by atoms with van der Waals surface area (Å²) in [4.78, 5) is 31.1. The molecule has 0 saturated carbocycles. The van der Waals surface area contributed by atoms with Crippen molar-refractivity contribution in [1.82, 2.24) is 9.97 Å². The van der Waals surface area contributed by atoms with Gasteiger partial charge in [-0.1, -0.05) is 18.2 Å². The fourth-order valence-corrected chi connectivity index (χ4v) is 2.98. The molecule has 4 aromatic rings. The zero-order valence-electron chi connectivity index (χ0n) is 13.8. The molecule has 26 heavy (non-hydrogen) atoms. The van der Waals surface area contributed by atoms with E-state index in [-0.39, 0.29) is 11.1 Å². The number of rotatable bonds is 4. The Hall–Kier alpha value is -3.68. The van der Waals surface area contributed by atoms with Crippen LogP contribution in [0.3, 0.4) is 0 Å². The molecule has 2 aromatic carbocycles. The van der Waals surface area contributed by atoms with E-state index in [1.807, 2.05) is 30.3 Å². The van der Waals surface area contributed by atoms with Crippen LogP contribution in [0.2, 0.25) is 0 Å². The number of benzene rings is 2. The predicted molar refractivity (Wildman–Crippen MR) is 97.3 cm³/mol. The molecule has 0 saturated heterocycles. The Labute approximate surface area is 146 Å². The van der Waals surface area contributed by atoms with Gasteiger partial charge in [-0.2, -0.15) is 0 Å². The molecule has 1 N–H and O–H groups in total. The Morgan fingerprint density at radius 1 is 1.27 bits per heavy atom. The Balaban J connectivity index is 1.77. The molecule has 0 atom stereocenters. The molecule has 2 heterocycles. The minimum atomic E-state index is -0.504. The van der Waals surface area contributed by atoms with Gasteiger partial charge in [0, 0.05) is 18.5 Å². The summed E-state index contributed by atoms with van der Waals surface area (Å²) >= 11 is 0. The van der Waals surface area contributed by atoms with Crippen molar-refractivity contribution in [2.24, 2.45) is 0 Å². The average Bonchev–Trinajstić information content (AvgIpc) is 3.03. The molecule has 0 bridgehead atoms. The maximum atomic E-state index is 11.9. The minimum Gasteiger partial charge on any atom is -0.459 e. The summed E-state index contributed by atoms with van der Waals surface area (Å²) in [6, 6.07) is 12.3. The van der Waals surface area contributed by atoms with Gasteiger partial charge in [0.15, 0.2) is 0 Å². The van der Waals surface area contributed by atoms with Gasteiger partial charge >= 0.3 is 0 Å². The summed E-state index contributed by atoms with van der Waals surface area (Å²) in [7, 11) is 1.73. The summed E-state index contributed by atoms with van der Waals surface area (Å²) in [6.07, 6.45) is 1.28. The Kier molecular flexibility index (Phi) is 3.65. The van der Waals surface area contributed by atoms with E-state index in [0.717, 1.165) is 11.0 Å². The summed E-state index contributed by atoms with van der Waals surface area (Å²) in [6.45, 7) is 0.338. The monoisotopic (exact) mass is 350 g/mol. The number of anilines is 1. The molecule has 0 fully saturated rings. The third kappa shape index (κ3) is 2.67. The molecule has 8 nitrogen and oxygen atoms in total. The van der Waals surface area contributed by atoms with Gasteiger partial charge in [-0.15, -0.1) is 0 Å². The molecule has 0 aliphatic heterocycles. The van der Waals surface area contributed by atoms with Crippen LogP contribution in [-0.4, -0.2) is 21.9 Å². The number of nitro benzene ring substituents is 1. The lowest BCUT2D eigenvalue weighted by atomic mass is 10.1. The topological polar surface area (TPSA) is 105 Å². The minimum absolute atomic E-state index is 0.158. The van der Waals surface area contributed by atoms with E-state index in [4.69, 9.17) is 4.42 Å². The molecule has 130 valence electrons. The van der Waals surface area contributed by atoms with Crippen molar-refractivity contribution >= 4 is 33.2 Å². The quantitative estimate of drug-likeness (QED) is 0.447. The first-order valence-corrected chi connectivity index (χ1v) is 7.87. The van der Waals surface area contributed by atoms with Crippen LogP contribution in [-0.2, 0) is 6.54 Å². The normalized spacial score (nSPS) is 11.1. The second kappa shape index (κ2) is 5.99. The molecular formula is C18H14N4O4. The van der Waals surface area contributed by atoms with Crippen molar-refractivity contribution < 1.29 is 9.34 Å². The highest BCUT2D eigenvalue weighted by atomic mass is 16.6. The molecule has 0 spiro atoms. The number of para-hydroxylation sites is 1. The lowest BCUT2D eigenvalue weighted by Crippen LogP contribution is -2.18. The van der Waals surface area contributed by atoms with Gasteiger partial charge in [0.1, 0.15) is 17.0 Å². The smallest absolute Gasteiger partial charge is 0.293 e. The van der Waals surface area contributed by atoms with Crippen molar-refractivity contribution in [3.63, 3.8) is 0 Å². The van der Waals surface area contributed by atoms with Crippen molar-refractivity contribution in [3.05, 3.63) is 75.0 Å². The Bertz CT molecular complexity index is 1160. The number of nitro groups is 1. The number of hydrogen-bond acceptors (Lipinski definition) is 6. The molecular weight excluding hydrogens is 336 g/mol. The maximum Gasteiger partial charge on any atom is 0.293 e. The first-order valence-electron chi connectivity index (χ1n) is 7.87. The standard InChI is InChI=1S/C18H14N4O4/c1-21(9-12-6-11-4-2-3-5-17(11)26-12)15-8-14-13(7-16(15)22(24)25)18(23)20-10-19-14/h2-8,10H,9H2,1H3,(H,19,20,23). The zero-order chi connectivity index (χ0) is 18.3. The van der Waals surface area contributed by atoms with Gasteiger partial charge in [-0.3, -0.25) is 14.9 Å². The van der Waals surface area contributed by atoms with Gasteiger partial charge in [0.05, 0.1) is 28.7 Å². The van der Waals surface area contributed by atoms with Gasteiger partial charge < -0.3 is 14.3 Å². The fraction of sp³-hybridized carbons (Fsp3) is 0.111. The van der Waals surface area contributed by atoms with Crippen LogP contribution >= 0.6 is 0 Å². The molecule has 0 radical (unpaired) electrons. The van der Waals surface area contributed by atoms with Crippen LogP contribution in [0.25, 0.3) is 21.9 Å². The van der Waals surface area contributed by atoms with Crippen LogP contribution in [0.5, 0.6) is 0 Å². The second-order valence-corrected chi connectivity index (χ2v) is 5.95. The summed E-state index contributed by atoms with van der Waals surface area (Å²) in [5.74, 6) is 0.682. The number of nitrogens with one attached hydrogen (secondary N) is 1. The maximum absolute atomic E-state index is 11.9. The molecule has 0 unspecified atom stereocenters. The summed E-state index contributed by atoms with van der Waals surface area (Å²) < 4.78 is 5.78. The van der Waals surface area contributed by atoms with E-state index < -0.39 is 10.5 Å². The summed E-state index contributed by atoms with van der Waals surface area (Å²) in [5.41, 5.74) is 0.947. The molecule has 8 heteroatoms. The predicted octanol–water partition coefficient (Wildman–Crippen LogP) is 3.21. The number of nitrogens with zero attached hydrogens (tertiary/aromatic N) is 3. The highest BCUT2D eigenvalue weighted by molar-refractivity contribution is 5.87. The van der Waals surface area contributed by atoms with Crippen LogP contribution in [0.4, 0.5) is 11.4 Å². The van der Waals surface area contributed by atoms with Crippen LogP contribution < -0.4 is 10.5 Å². The van der Waals surface area contributed by atoms with Gasteiger partial charge in [-0.25, -0.2) is 4.98 Å². The zero-order valence-corrected chi connectivity index (χ0v) is 13.8. The van der Waals surface area contributed by atoms with Gasteiger partial charge in [-0.05, 0) is 18.2 Å². The van der Waals surface area contributed by atoms with Crippen molar-refractivity contribution in [2.75, 3.05) is 11.9 Å².